The van der Waals surface area contributed by atoms with Gasteiger partial charge in [-0.15, -0.1) is 0 Å². The zero-order valence-electron chi connectivity index (χ0n) is 13.3. The van der Waals surface area contributed by atoms with Crippen LogP contribution in [0.1, 0.15) is 50.1 Å². The van der Waals surface area contributed by atoms with Crippen molar-refractivity contribution in [3.8, 4) is 5.75 Å². The molecule has 0 bridgehead atoms. The van der Waals surface area contributed by atoms with Crippen molar-refractivity contribution < 1.29 is 9.53 Å². The van der Waals surface area contributed by atoms with Crippen molar-refractivity contribution in [1.29, 1.82) is 0 Å². The monoisotopic (exact) mass is 302 g/mol. The standard InChI is InChI=1S/C18H26N2O2/c1-22-16-8-3-5-13(12-16)17-9-4-10-20(17)18(21)14-6-2-7-15(19)11-14/h3,5,8,12,14-15,17H,2,4,6-7,9-11,19H2,1H3/t14-,15+,17+/m1/s1. The Kier molecular flexibility index (Phi) is 4.67. The molecule has 1 aliphatic heterocycles. The third-order valence-electron chi connectivity index (χ3n) is 5.08. The van der Waals surface area contributed by atoms with Gasteiger partial charge >= 0.3 is 0 Å². The number of amides is 1. The van der Waals surface area contributed by atoms with Crippen LogP contribution in [-0.2, 0) is 4.79 Å². The molecular formula is C18H26N2O2. The quantitative estimate of drug-likeness (QED) is 0.934. The molecule has 120 valence electrons. The predicted molar refractivity (Wildman–Crippen MR) is 86.6 cm³/mol. The lowest BCUT2D eigenvalue weighted by Crippen LogP contribution is -2.40. The van der Waals surface area contributed by atoms with Crippen LogP contribution in [0.4, 0.5) is 0 Å². The minimum absolute atomic E-state index is 0.120. The van der Waals surface area contributed by atoms with Gasteiger partial charge in [-0.1, -0.05) is 18.6 Å². The fraction of sp³-hybridized carbons (Fsp3) is 0.611. The lowest BCUT2D eigenvalue weighted by atomic mass is 9.85. The first kappa shape index (κ1) is 15.3. The number of carbonyl (C=O) groups is 1. The average molecular weight is 302 g/mol. The molecule has 4 nitrogen and oxygen atoms in total. The second-order valence-electron chi connectivity index (χ2n) is 6.59. The Hall–Kier alpha value is -1.55. The number of nitrogens with two attached hydrogens (primary N) is 1. The summed E-state index contributed by atoms with van der Waals surface area (Å²) in [5.74, 6) is 1.28. The molecule has 2 fully saturated rings. The van der Waals surface area contributed by atoms with Crippen LogP contribution >= 0.6 is 0 Å². The number of nitrogens with zero attached hydrogens (tertiary/aromatic N) is 1. The van der Waals surface area contributed by atoms with E-state index in [1.807, 2.05) is 12.1 Å². The van der Waals surface area contributed by atoms with Crippen LogP contribution in [0.15, 0.2) is 24.3 Å². The number of ether oxygens (including phenoxy) is 1. The van der Waals surface area contributed by atoms with E-state index in [1.54, 1.807) is 7.11 Å². The molecule has 1 aromatic carbocycles. The smallest absolute Gasteiger partial charge is 0.226 e. The fourth-order valence-electron chi connectivity index (χ4n) is 3.91. The van der Waals surface area contributed by atoms with Gasteiger partial charge in [0.05, 0.1) is 13.2 Å². The van der Waals surface area contributed by atoms with E-state index in [4.69, 9.17) is 10.5 Å². The van der Waals surface area contributed by atoms with E-state index in [-0.39, 0.29) is 18.0 Å². The molecule has 2 N–H and O–H groups in total. The highest BCUT2D eigenvalue weighted by molar-refractivity contribution is 5.79. The van der Waals surface area contributed by atoms with E-state index >= 15 is 0 Å². The first-order valence-electron chi connectivity index (χ1n) is 8.39. The minimum Gasteiger partial charge on any atom is -0.497 e. The lowest BCUT2D eigenvalue weighted by Gasteiger charge is -2.32. The highest BCUT2D eigenvalue weighted by atomic mass is 16.5. The highest BCUT2D eigenvalue weighted by Crippen LogP contribution is 2.36. The van der Waals surface area contributed by atoms with Crippen molar-refractivity contribution in [1.82, 2.24) is 4.90 Å². The molecule has 3 rings (SSSR count). The van der Waals surface area contributed by atoms with E-state index in [9.17, 15) is 4.79 Å². The van der Waals surface area contributed by atoms with Gasteiger partial charge in [0.25, 0.3) is 0 Å². The Bertz CT molecular complexity index is 532. The molecule has 0 spiro atoms. The van der Waals surface area contributed by atoms with Gasteiger partial charge in [0, 0.05) is 18.5 Å². The Morgan fingerprint density at radius 3 is 2.91 bits per heavy atom. The first-order valence-corrected chi connectivity index (χ1v) is 8.39. The molecule has 3 atom stereocenters. The highest BCUT2D eigenvalue weighted by Gasteiger charge is 2.35. The summed E-state index contributed by atoms with van der Waals surface area (Å²) in [6.07, 6.45) is 6.09. The minimum atomic E-state index is 0.120. The van der Waals surface area contributed by atoms with Crippen LogP contribution < -0.4 is 10.5 Å². The number of benzene rings is 1. The van der Waals surface area contributed by atoms with Crippen molar-refractivity contribution in [3.63, 3.8) is 0 Å². The summed E-state index contributed by atoms with van der Waals surface area (Å²) in [7, 11) is 1.68. The molecule has 22 heavy (non-hydrogen) atoms. The summed E-state index contributed by atoms with van der Waals surface area (Å²) >= 11 is 0. The summed E-state index contributed by atoms with van der Waals surface area (Å²) in [6, 6.07) is 8.51. The zero-order chi connectivity index (χ0) is 15.5. The van der Waals surface area contributed by atoms with Crippen LogP contribution in [0.25, 0.3) is 0 Å². The van der Waals surface area contributed by atoms with Gasteiger partial charge < -0.3 is 15.4 Å². The molecule has 2 aliphatic rings. The second kappa shape index (κ2) is 6.69. The molecule has 1 saturated carbocycles. The van der Waals surface area contributed by atoms with Crippen molar-refractivity contribution in [2.24, 2.45) is 11.7 Å². The molecule has 0 aromatic heterocycles. The van der Waals surface area contributed by atoms with Gasteiger partial charge in [-0.25, -0.2) is 0 Å². The molecule has 4 heteroatoms. The maximum absolute atomic E-state index is 12.9. The SMILES string of the molecule is COc1cccc([C@@H]2CCCN2C(=O)[C@@H]2CCC[C@H](N)C2)c1. The van der Waals surface area contributed by atoms with Crippen LogP contribution in [0, 0.1) is 5.92 Å². The molecule has 1 aromatic rings. The van der Waals surface area contributed by atoms with Gasteiger partial charge in [0.2, 0.25) is 5.91 Å². The summed E-state index contributed by atoms with van der Waals surface area (Å²) in [5, 5.41) is 0. The van der Waals surface area contributed by atoms with Gasteiger partial charge in [0.15, 0.2) is 0 Å². The van der Waals surface area contributed by atoms with Crippen molar-refractivity contribution in [2.45, 2.75) is 50.6 Å². The predicted octanol–water partition coefficient (Wildman–Crippen LogP) is 2.88. The normalized spacial score (nSPS) is 28.6. The largest absolute Gasteiger partial charge is 0.497 e. The number of hydrogen-bond acceptors (Lipinski definition) is 3. The van der Waals surface area contributed by atoms with Crippen molar-refractivity contribution in [3.05, 3.63) is 29.8 Å². The number of hydrogen-bond donors (Lipinski definition) is 1. The topological polar surface area (TPSA) is 55.6 Å². The Labute approximate surface area is 132 Å². The summed E-state index contributed by atoms with van der Waals surface area (Å²) in [6.45, 7) is 0.868. The molecule has 0 unspecified atom stereocenters. The summed E-state index contributed by atoms with van der Waals surface area (Å²) in [5.41, 5.74) is 7.24. The van der Waals surface area contributed by atoms with Gasteiger partial charge in [-0.05, 0) is 49.8 Å². The first-order chi connectivity index (χ1) is 10.7. The van der Waals surface area contributed by atoms with E-state index in [0.29, 0.717) is 5.91 Å². The van der Waals surface area contributed by atoms with Crippen LogP contribution in [0.3, 0.4) is 0 Å². The average Bonchev–Trinajstić information content (AvgIpc) is 3.04. The second-order valence-corrected chi connectivity index (χ2v) is 6.59. The van der Waals surface area contributed by atoms with Crippen LogP contribution in [0.5, 0.6) is 5.75 Å². The van der Waals surface area contributed by atoms with Crippen molar-refractivity contribution in [2.75, 3.05) is 13.7 Å². The van der Waals surface area contributed by atoms with Gasteiger partial charge in [-0.2, -0.15) is 0 Å². The van der Waals surface area contributed by atoms with Crippen molar-refractivity contribution >= 4 is 5.91 Å². The number of likely N-dealkylation sites (tertiary alicyclic amines) is 1. The Morgan fingerprint density at radius 1 is 1.27 bits per heavy atom. The number of methoxy groups -OCH3 is 1. The van der Waals surface area contributed by atoms with Gasteiger partial charge in [-0.3, -0.25) is 4.79 Å². The molecule has 1 aliphatic carbocycles. The molecule has 0 radical (unpaired) electrons. The summed E-state index contributed by atoms with van der Waals surface area (Å²) < 4.78 is 5.32. The number of carbonyl (C=O) groups excluding carboxylic acids is 1. The van der Waals surface area contributed by atoms with E-state index in [2.05, 4.69) is 17.0 Å². The molecule has 1 amide bonds. The molecular weight excluding hydrogens is 276 g/mol. The molecule has 1 saturated heterocycles. The fourth-order valence-corrected chi connectivity index (χ4v) is 3.91. The maximum Gasteiger partial charge on any atom is 0.226 e. The number of rotatable bonds is 3. The van der Waals surface area contributed by atoms with Crippen LogP contribution in [0.2, 0.25) is 0 Å². The Morgan fingerprint density at radius 2 is 2.14 bits per heavy atom. The van der Waals surface area contributed by atoms with E-state index in [1.165, 1.54) is 5.56 Å². The Balaban J connectivity index is 1.76. The third-order valence-corrected chi connectivity index (χ3v) is 5.08. The van der Waals surface area contributed by atoms with Crippen LogP contribution in [-0.4, -0.2) is 30.5 Å². The summed E-state index contributed by atoms with van der Waals surface area (Å²) in [4.78, 5) is 15.0. The zero-order valence-corrected chi connectivity index (χ0v) is 13.3. The third kappa shape index (κ3) is 3.12. The van der Waals surface area contributed by atoms with E-state index < -0.39 is 0 Å². The maximum atomic E-state index is 12.9. The van der Waals surface area contributed by atoms with E-state index in [0.717, 1.165) is 50.8 Å². The molecule has 1 heterocycles. The van der Waals surface area contributed by atoms with Gasteiger partial charge in [0.1, 0.15) is 5.75 Å². The lowest BCUT2D eigenvalue weighted by molar-refractivity contribution is -0.137.